The third-order valence-corrected chi connectivity index (χ3v) is 13.0. The van der Waals surface area contributed by atoms with Crippen molar-refractivity contribution in [1.82, 2.24) is 0 Å². The summed E-state index contributed by atoms with van der Waals surface area (Å²) in [5, 5.41) is 50.2. The zero-order valence-electron chi connectivity index (χ0n) is 40.1. The van der Waals surface area contributed by atoms with Crippen molar-refractivity contribution in [3.63, 3.8) is 0 Å². The maximum atomic E-state index is 12.8. The topological polar surface area (TPSA) is 210 Å². The standard InChI is InChI=1S/C50H93O13P/c1-3-5-7-9-11-13-15-17-18-19-20-21-22-23-24-25-26-27-29-30-32-34-36-38-43(51)60-40-42(62-44(52)39-37-35-33-31-28-16-14-12-10-8-6-4-2)41-61-64(58,59)63-50-48(56)46(54)45(53)47(55)49(50)57/h12,14,30,32,42,45-50,53-57H,3-11,13,15-29,31,33-41H2,1-2H3,(H,58,59)/b14-12+,32-30+/t42-,45?,46-,47?,48?,49?,50?/m0/s1. The minimum atomic E-state index is -5.12. The van der Waals surface area contributed by atoms with Gasteiger partial charge in [-0.2, -0.15) is 0 Å². The monoisotopic (exact) mass is 933 g/mol. The molecule has 14 heteroatoms. The summed E-state index contributed by atoms with van der Waals surface area (Å²) in [6.07, 6.45) is 32.6. The van der Waals surface area contributed by atoms with Gasteiger partial charge in [-0.05, 0) is 57.8 Å². The summed E-state index contributed by atoms with van der Waals surface area (Å²) in [5.74, 6) is -1.14. The van der Waals surface area contributed by atoms with Gasteiger partial charge in [0.15, 0.2) is 6.10 Å². The second-order valence-electron chi connectivity index (χ2n) is 18.0. The third kappa shape index (κ3) is 32.1. The molecule has 0 aromatic carbocycles. The normalized spacial score (nSPS) is 21.7. The van der Waals surface area contributed by atoms with Gasteiger partial charge in [0.1, 0.15) is 43.2 Å². The Bertz CT molecular complexity index is 1220. The van der Waals surface area contributed by atoms with Crippen molar-refractivity contribution in [3.8, 4) is 0 Å². The predicted molar refractivity (Wildman–Crippen MR) is 254 cm³/mol. The first kappa shape index (κ1) is 60.3. The van der Waals surface area contributed by atoms with Crippen LogP contribution in [0.3, 0.4) is 0 Å². The summed E-state index contributed by atoms with van der Waals surface area (Å²) in [4.78, 5) is 35.7. The first-order chi connectivity index (χ1) is 30.9. The summed E-state index contributed by atoms with van der Waals surface area (Å²) in [5.41, 5.74) is 0. The Labute approximate surface area is 387 Å². The second kappa shape index (κ2) is 40.4. The molecule has 6 unspecified atom stereocenters. The number of unbranched alkanes of at least 4 members (excludes halogenated alkanes) is 27. The maximum Gasteiger partial charge on any atom is 0.472 e. The van der Waals surface area contributed by atoms with E-state index in [0.29, 0.717) is 19.3 Å². The van der Waals surface area contributed by atoms with Crippen molar-refractivity contribution in [1.29, 1.82) is 0 Å². The van der Waals surface area contributed by atoms with E-state index in [9.17, 15) is 44.6 Å². The zero-order valence-corrected chi connectivity index (χ0v) is 41.0. The highest BCUT2D eigenvalue weighted by Crippen LogP contribution is 2.47. The van der Waals surface area contributed by atoms with Crippen LogP contribution in [0.25, 0.3) is 0 Å². The van der Waals surface area contributed by atoms with E-state index in [1.54, 1.807) is 0 Å². The summed E-state index contributed by atoms with van der Waals surface area (Å²) >= 11 is 0. The van der Waals surface area contributed by atoms with E-state index in [2.05, 4.69) is 38.2 Å². The van der Waals surface area contributed by atoms with E-state index in [4.69, 9.17) is 18.5 Å². The number of hydrogen-bond donors (Lipinski definition) is 6. The Morgan fingerprint density at radius 2 is 0.812 bits per heavy atom. The molecule has 8 atom stereocenters. The number of hydrogen-bond acceptors (Lipinski definition) is 12. The lowest BCUT2D eigenvalue weighted by atomic mass is 9.85. The number of phosphoric acid groups is 1. The van der Waals surface area contributed by atoms with E-state index < -0.39 is 75.7 Å². The Morgan fingerprint density at radius 3 is 1.27 bits per heavy atom. The molecule has 1 aliphatic carbocycles. The molecule has 0 amide bonds. The SMILES string of the molecule is CCCCC/C=C/CCCCCCCC(=O)O[C@@H](COC(=O)CCC/C=C/CCCCCCCCCCCCCCCCCCCC)COP(=O)(O)OC1C(O)C(O)C(O)[C@H](O)C1O. The van der Waals surface area contributed by atoms with Crippen LogP contribution in [0.15, 0.2) is 24.3 Å². The molecular formula is C50H93O13P. The molecule has 0 aliphatic heterocycles. The fourth-order valence-corrected chi connectivity index (χ4v) is 8.85. The van der Waals surface area contributed by atoms with Gasteiger partial charge in [0.25, 0.3) is 0 Å². The van der Waals surface area contributed by atoms with Crippen LogP contribution in [0.1, 0.15) is 226 Å². The van der Waals surface area contributed by atoms with E-state index in [-0.39, 0.29) is 12.8 Å². The number of ether oxygens (including phenoxy) is 2. The van der Waals surface area contributed by atoms with Crippen LogP contribution in [0.4, 0.5) is 0 Å². The molecule has 0 spiro atoms. The lowest BCUT2D eigenvalue weighted by Gasteiger charge is -2.41. The van der Waals surface area contributed by atoms with Crippen LogP contribution in [0, 0.1) is 0 Å². The minimum Gasteiger partial charge on any atom is -0.462 e. The van der Waals surface area contributed by atoms with Crippen molar-refractivity contribution in [3.05, 3.63) is 24.3 Å². The molecule has 1 rings (SSSR count). The van der Waals surface area contributed by atoms with Crippen LogP contribution in [0.5, 0.6) is 0 Å². The lowest BCUT2D eigenvalue weighted by molar-refractivity contribution is -0.220. The fourth-order valence-electron chi connectivity index (χ4n) is 7.88. The second-order valence-corrected chi connectivity index (χ2v) is 19.4. The lowest BCUT2D eigenvalue weighted by Crippen LogP contribution is -2.64. The number of rotatable bonds is 43. The Hall–Kier alpha value is -1.67. The van der Waals surface area contributed by atoms with Gasteiger partial charge >= 0.3 is 19.8 Å². The summed E-state index contributed by atoms with van der Waals surface area (Å²) < 4.78 is 33.5. The van der Waals surface area contributed by atoms with Crippen LogP contribution >= 0.6 is 7.82 Å². The van der Waals surface area contributed by atoms with Crippen molar-refractivity contribution in [2.45, 2.75) is 268 Å². The van der Waals surface area contributed by atoms with Gasteiger partial charge in [-0.3, -0.25) is 18.6 Å². The van der Waals surface area contributed by atoms with Gasteiger partial charge in [0.05, 0.1) is 6.61 Å². The Kier molecular flexibility index (Phi) is 38.1. The molecule has 13 nitrogen and oxygen atoms in total. The summed E-state index contributed by atoms with van der Waals surface area (Å²) in [6, 6.07) is 0. The van der Waals surface area contributed by atoms with Gasteiger partial charge < -0.3 is 39.9 Å². The molecule has 0 aromatic heterocycles. The Morgan fingerprint density at radius 1 is 0.469 bits per heavy atom. The molecule has 0 aromatic rings. The molecule has 0 saturated heterocycles. The summed E-state index contributed by atoms with van der Waals surface area (Å²) in [6.45, 7) is 3.27. The van der Waals surface area contributed by atoms with E-state index in [1.807, 2.05) is 0 Å². The minimum absolute atomic E-state index is 0.0828. The first-order valence-corrected chi connectivity index (χ1v) is 27.1. The highest BCUT2D eigenvalue weighted by atomic mass is 31.2. The molecular weight excluding hydrogens is 840 g/mol. The molecule has 0 heterocycles. The molecule has 1 fully saturated rings. The highest BCUT2D eigenvalue weighted by molar-refractivity contribution is 7.47. The van der Waals surface area contributed by atoms with Crippen LogP contribution in [-0.2, 0) is 32.7 Å². The molecule has 1 saturated carbocycles. The van der Waals surface area contributed by atoms with Crippen molar-refractivity contribution >= 4 is 19.8 Å². The average Bonchev–Trinajstić information content (AvgIpc) is 3.28. The number of carbonyl (C=O) groups excluding carboxylic acids is 2. The van der Waals surface area contributed by atoms with Crippen LogP contribution < -0.4 is 0 Å². The molecule has 64 heavy (non-hydrogen) atoms. The highest BCUT2D eigenvalue weighted by Gasteiger charge is 2.51. The van der Waals surface area contributed by atoms with Crippen LogP contribution in [0.2, 0.25) is 0 Å². The zero-order chi connectivity index (χ0) is 47.1. The molecule has 376 valence electrons. The van der Waals surface area contributed by atoms with E-state index >= 15 is 0 Å². The average molecular weight is 933 g/mol. The first-order valence-electron chi connectivity index (χ1n) is 25.6. The van der Waals surface area contributed by atoms with Crippen molar-refractivity contribution < 1.29 is 63.1 Å². The van der Waals surface area contributed by atoms with Gasteiger partial charge in [0, 0.05) is 12.8 Å². The quantitative estimate of drug-likeness (QED) is 0.0146. The van der Waals surface area contributed by atoms with E-state index in [1.165, 1.54) is 128 Å². The number of esters is 2. The molecule has 6 N–H and O–H groups in total. The third-order valence-electron chi connectivity index (χ3n) is 12.0. The fraction of sp³-hybridized carbons (Fsp3) is 0.880. The van der Waals surface area contributed by atoms with Crippen molar-refractivity contribution in [2.24, 2.45) is 0 Å². The number of carbonyl (C=O) groups is 2. The largest absolute Gasteiger partial charge is 0.472 e. The van der Waals surface area contributed by atoms with Gasteiger partial charge in [-0.25, -0.2) is 4.57 Å². The number of phosphoric ester groups is 1. The van der Waals surface area contributed by atoms with E-state index in [0.717, 1.165) is 51.4 Å². The van der Waals surface area contributed by atoms with Gasteiger partial charge in [0.2, 0.25) is 0 Å². The molecule has 1 aliphatic rings. The number of allylic oxidation sites excluding steroid dienone is 4. The van der Waals surface area contributed by atoms with Crippen molar-refractivity contribution in [2.75, 3.05) is 13.2 Å². The van der Waals surface area contributed by atoms with Crippen LogP contribution in [-0.4, -0.2) is 98.3 Å². The molecule has 0 radical (unpaired) electrons. The molecule has 0 bridgehead atoms. The Balaban J connectivity index is 2.35. The predicted octanol–water partition coefficient (Wildman–Crippen LogP) is 10.8. The number of aliphatic hydroxyl groups excluding tert-OH is 5. The summed E-state index contributed by atoms with van der Waals surface area (Å²) in [7, 11) is -5.12. The smallest absolute Gasteiger partial charge is 0.462 e. The van der Waals surface area contributed by atoms with Gasteiger partial charge in [-0.1, -0.05) is 179 Å². The number of aliphatic hydroxyl groups is 5. The maximum absolute atomic E-state index is 12.8. The van der Waals surface area contributed by atoms with Gasteiger partial charge in [-0.15, -0.1) is 0 Å².